The molecule has 9 heteroatoms. The first-order valence-electron chi connectivity index (χ1n) is 10.0. The van der Waals surface area contributed by atoms with Crippen molar-refractivity contribution in [3.8, 4) is 0 Å². The first-order valence-corrected chi connectivity index (χ1v) is 11.7. The molecule has 3 unspecified atom stereocenters. The van der Waals surface area contributed by atoms with Crippen molar-refractivity contribution in [3.63, 3.8) is 0 Å². The molecule has 0 saturated heterocycles. The van der Waals surface area contributed by atoms with E-state index in [4.69, 9.17) is 0 Å². The second-order valence-electron chi connectivity index (χ2n) is 9.07. The first-order chi connectivity index (χ1) is 14.8. The van der Waals surface area contributed by atoms with Crippen LogP contribution < -0.4 is 5.32 Å². The number of halogens is 4. The number of thiophene rings is 1. The van der Waals surface area contributed by atoms with Gasteiger partial charge in [-0.2, -0.15) is 13.2 Å². The Hall–Kier alpha value is -1.97. The lowest BCUT2D eigenvalue weighted by molar-refractivity contribution is -0.287. The molecule has 1 aromatic heterocycles. The molecule has 2 heterocycles. The zero-order valence-corrected chi connectivity index (χ0v) is 19.7. The Labute approximate surface area is 195 Å². The van der Waals surface area contributed by atoms with Crippen molar-refractivity contribution in [2.45, 2.75) is 44.5 Å². The van der Waals surface area contributed by atoms with Crippen molar-refractivity contribution in [1.82, 2.24) is 5.32 Å². The maximum Gasteiger partial charge on any atom is 0.437 e. The van der Waals surface area contributed by atoms with Gasteiger partial charge in [-0.25, -0.2) is 0 Å². The molecule has 0 amide bonds. The second-order valence-corrected chi connectivity index (χ2v) is 10.9. The molecular weight excluding hydrogens is 507 g/mol. The fourth-order valence-corrected chi connectivity index (χ4v) is 5.68. The monoisotopic (exact) mass is 527 g/mol. The van der Waals surface area contributed by atoms with E-state index in [0.717, 1.165) is 11.3 Å². The molecule has 0 spiro atoms. The average Bonchev–Trinajstić information content (AvgIpc) is 3.20. The third kappa shape index (κ3) is 3.84. The lowest BCUT2D eigenvalue weighted by Crippen LogP contribution is -2.67. The van der Waals surface area contributed by atoms with Crippen LogP contribution in [0.15, 0.2) is 57.5 Å². The highest BCUT2D eigenvalue weighted by Gasteiger charge is 2.67. The van der Waals surface area contributed by atoms with Gasteiger partial charge in [-0.05, 0) is 41.0 Å². The minimum absolute atomic E-state index is 0.0502. The smallest absolute Gasteiger partial charge is 0.363 e. The van der Waals surface area contributed by atoms with E-state index in [1.54, 1.807) is 49.6 Å². The minimum atomic E-state index is -5.17. The Kier molecular flexibility index (Phi) is 5.66. The van der Waals surface area contributed by atoms with Gasteiger partial charge in [0.05, 0.1) is 10.8 Å². The molecule has 1 aliphatic carbocycles. The summed E-state index contributed by atoms with van der Waals surface area (Å²) in [5.74, 6) is -4.38. The number of alkyl halides is 3. The molecule has 2 aliphatic rings. The number of allylic oxidation sites excluding steroid dienone is 2. The van der Waals surface area contributed by atoms with Crippen LogP contribution in [0.25, 0.3) is 0 Å². The third-order valence-corrected chi connectivity index (χ3v) is 7.48. The van der Waals surface area contributed by atoms with Gasteiger partial charge in [0.2, 0.25) is 5.72 Å². The maximum absolute atomic E-state index is 14.4. The molecular formula is C23H21BrF3NO3S. The van der Waals surface area contributed by atoms with E-state index in [9.17, 15) is 27.9 Å². The molecule has 32 heavy (non-hydrogen) atoms. The van der Waals surface area contributed by atoms with Crippen molar-refractivity contribution in [2.75, 3.05) is 0 Å². The SMILES string of the molecule is CC1(C)CC(=O)C2=C(C1)NC(O)(C(F)(F)F)C(C(=O)c1cccs1)C2c1ccc(Br)cc1. The number of Topliss-reactive ketones (excluding diaryl/α,β-unsaturated/α-hetero) is 2. The predicted octanol–water partition coefficient (Wildman–Crippen LogP) is 5.59. The number of hydrogen-bond donors (Lipinski definition) is 2. The molecule has 2 N–H and O–H groups in total. The van der Waals surface area contributed by atoms with E-state index in [1.807, 2.05) is 0 Å². The number of hydrogen-bond acceptors (Lipinski definition) is 5. The van der Waals surface area contributed by atoms with Gasteiger partial charge in [-0.1, -0.05) is 48.0 Å². The highest BCUT2D eigenvalue weighted by Crippen LogP contribution is 2.53. The lowest BCUT2D eigenvalue weighted by Gasteiger charge is -2.49. The Morgan fingerprint density at radius 3 is 2.41 bits per heavy atom. The van der Waals surface area contributed by atoms with Gasteiger partial charge < -0.3 is 10.4 Å². The molecule has 0 saturated carbocycles. The summed E-state index contributed by atoms with van der Waals surface area (Å²) in [5, 5.41) is 14.9. The summed E-state index contributed by atoms with van der Waals surface area (Å²) >= 11 is 4.31. The summed E-state index contributed by atoms with van der Waals surface area (Å²) in [4.78, 5) is 26.8. The van der Waals surface area contributed by atoms with Gasteiger partial charge in [0, 0.05) is 28.1 Å². The molecule has 0 radical (unpaired) electrons. The van der Waals surface area contributed by atoms with Gasteiger partial charge in [0.15, 0.2) is 11.6 Å². The predicted molar refractivity (Wildman–Crippen MR) is 118 cm³/mol. The van der Waals surface area contributed by atoms with Crippen LogP contribution in [0.3, 0.4) is 0 Å². The molecule has 3 atom stereocenters. The van der Waals surface area contributed by atoms with E-state index < -0.39 is 34.9 Å². The van der Waals surface area contributed by atoms with Crippen LogP contribution in [0.2, 0.25) is 0 Å². The quantitative estimate of drug-likeness (QED) is 0.510. The summed E-state index contributed by atoms with van der Waals surface area (Å²) in [6.07, 6.45) is -4.87. The molecule has 2 aromatic rings. The van der Waals surface area contributed by atoms with Gasteiger partial charge in [-0.15, -0.1) is 11.3 Å². The van der Waals surface area contributed by atoms with Gasteiger partial charge in [0.25, 0.3) is 0 Å². The molecule has 170 valence electrons. The van der Waals surface area contributed by atoms with E-state index >= 15 is 0 Å². The molecule has 0 bridgehead atoms. The summed E-state index contributed by atoms with van der Waals surface area (Å²) in [5.41, 5.74) is -3.54. The standard InChI is InChI=1S/C23H21BrF3NO3S/c1-21(2)10-14-18(15(29)11-21)17(12-5-7-13(24)8-6-12)19(20(30)16-4-3-9-32-16)22(31,28-14)23(25,26)27/h3-9,17,19,28,31H,10-11H2,1-2H3. The maximum atomic E-state index is 14.4. The summed E-state index contributed by atoms with van der Waals surface area (Å²) < 4.78 is 43.9. The van der Waals surface area contributed by atoms with Gasteiger partial charge in [-0.3, -0.25) is 9.59 Å². The highest BCUT2D eigenvalue weighted by molar-refractivity contribution is 9.10. The Morgan fingerprint density at radius 2 is 1.84 bits per heavy atom. The van der Waals surface area contributed by atoms with Gasteiger partial charge >= 0.3 is 6.18 Å². The van der Waals surface area contributed by atoms with Crippen LogP contribution >= 0.6 is 27.3 Å². The number of ketones is 2. The van der Waals surface area contributed by atoms with E-state index in [-0.39, 0.29) is 34.8 Å². The van der Waals surface area contributed by atoms with Crippen molar-refractivity contribution in [2.24, 2.45) is 11.3 Å². The van der Waals surface area contributed by atoms with Crippen molar-refractivity contribution < 1.29 is 27.9 Å². The number of carbonyl (C=O) groups excluding carboxylic acids is 2. The van der Waals surface area contributed by atoms with E-state index in [2.05, 4.69) is 21.2 Å². The van der Waals surface area contributed by atoms with Crippen molar-refractivity contribution in [1.29, 1.82) is 0 Å². The van der Waals surface area contributed by atoms with Crippen LogP contribution in [0.5, 0.6) is 0 Å². The third-order valence-electron chi connectivity index (χ3n) is 6.06. The number of nitrogens with one attached hydrogen (secondary N) is 1. The molecule has 4 rings (SSSR count). The average molecular weight is 528 g/mol. The van der Waals surface area contributed by atoms with Crippen LogP contribution in [-0.4, -0.2) is 28.6 Å². The van der Waals surface area contributed by atoms with Crippen LogP contribution in [0.1, 0.15) is 47.8 Å². The topological polar surface area (TPSA) is 66.4 Å². The normalized spacial score (nSPS) is 27.7. The summed E-state index contributed by atoms with van der Waals surface area (Å²) in [7, 11) is 0. The Balaban J connectivity index is 2.00. The Bertz CT molecular complexity index is 1090. The van der Waals surface area contributed by atoms with E-state index in [0.29, 0.717) is 10.0 Å². The molecule has 4 nitrogen and oxygen atoms in total. The molecule has 1 aliphatic heterocycles. The van der Waals surface area contributed by atoms with Crippen molar-refractivity contribution >= 4 is 38.8 Å². The number of benzene rings is 1. The largest absolute Gasteiger partial charge is 0.437 e. The second kappa shape index (κ2) is 7.81. The summed E-state index contributed by atoms with van der Waals surface area (Å²) in [6.45, 7) is 3.58. The van der Waals surface area contributed by atoms with Crippen LogP contribution in [-0.2, 0) is 4.79 Å². The fraction of sp³-hybridized carbons (Fsp3) is 0.391. The molecule has 0 fully saturated rings. The lowest BCUT2D eigenvalue weighted by atomic mass is 9.63. The number of rotatable bonds is 3. The highest BCUT2D eigenvalue weighted by atomic mass is 79.9. The van der Waals surface area contributed by atoms with E-state index in [1.165, 1.54) is 6.07 Å². The zero-order valence-electron chi connectivity index (χ0n) is 17.3. The van der Waals surface area contributed by atoms with Gasteiger partial charge in [0.1, 0.15) is 0 Å². The van der Waals surface area contributed by atoms with Crippen molar-refractivity contribution in [3.05, 3.63) is 68.0 Å². The zero-order chi connectivity index (χ0) is 23.5. The first kappa shape index (κ1) is 23.2. The fourth-order valence-electron chi connectivity index (χ4n) is 4.71. The van der Waals surface area contributed by atoms with Crippen LogP contribution in [0.4, 0.5) is 13.2 Å². The van der Waals surface area contributed by atoms with Crippen LogP contribution in [0, 0.1) is 11.3 Å². The molecule has 1 aromatic carbocycles. The minimum Gasteiger partial charge on any atom is -0.363 e. The number of carbonyl (C=O) groups is 2. The summed E-state index contributed by atoms with van der Waals surface area (Å²) in [6, 6.07) is 9.46. The Morgan fingerprint density at radius 1 is 1.19 bits per heavy atom. The number of aliphatic hydroxyl groups is 1.